The molecule has 0 aliphatic carbocycles. The van der Waals surface area contributed by atoms with Gasteiger partial charge >= 0.3 is 0 Å². The topological polar surface area (TPSA) is 62.1 Å². The molecular weight excluding hydrogens is 380 g/mol. The maximum Gasteiger partial charge on any atom is 0.237 e. The number of ether oxygens (including phenoxy) is 1. The zero-order chi connectivity index (χ0) is 20.4. The first kappa shape index (κ1) is 19.4. The molecule has 1 amide bonds. The monoisotopic (exact) mass is 402 g/mol. The SMILES string of the molecule is CC1(C)Cc2c(sc(NC(=O)C(c3ccccc3)c3ccccc3)c2C#N)CO1. The molecule has 4 nitrogen and oxygen atoms in total. The Morgan fingerprint density at radius 3 is 2.24 bits per heavy atom. The summed E-state index contributed by atoms with van der Waals surface area (Å²) in [6, 6.07) is 21.7. The summed E-state index contributed by atoms with van der Waals surface area (Å²) in [7, 11) is 0. The highest BCUT2D eigenvalue weighted by Crippen LogP contribution is 2.40. The lowest BCUT2D eigenvalue weighted by Crippen LogP contribution is -2.31. The second-order valence-electron chi connectivity index (χ2n) is 7.79. The van der Waals surface area contributed by atoms with E-state index in [1.54, 1.807) is 0 Å². The number of anilines is 1. The summed E-state index contributed by atoms with van der Waals surface area (Å²) in [6.45, 7) is 4.51. The van der Waals surface area contributed by atoms with Crippen molar-refractivity contribution in [2.75, 3.05) is 5.32 Å². The Balaban J connectivity index is 1.69. The average Bonchev–Trinajstić information content (AvgIpc) is 3.04. The fourth-order valence-corrected chi connectivity index (χ4v) is 4.81. The van der Waals surface area contributed by atoms with Crippen LogP contribution in [0.25, 0.3) is 0 Å². The second kappa shape index (κ2) is 7.82. The van der Waals surface area contributed by atoms with Crippen molar-refractivity contribution in [1.82, 2.24) is 0 Å². The van der Waals surface area contributed by atoms with E-state index in [1.807, 2.05) is 74.5 Å². The molecule has 146 valence electrons. The molecule has 0 saturated carbocycles. The lowest BCUT2D eigenvalue weighted by molar-refractivity contribution is -0.116. The first-order chi connectivity index (χ1) is 14.0. The van der Waals surface area contributed by atoms with Gasteiger partial charge in [-0.1, -0.05) is 60.7 Å². The van der Waals surface area contributed by atoms with Gasteiger partial charge in [-0.15, -0.1) is 11.3 Å². The van der Waals surface area contributed by atoms with Crippen LogP contribution in [-0.4, -0.2) is 11.5 Å². The minimum atomic E-state index is -0.448. The lowest BCUT2D eigenvalue weighted by Gasteiger charge is -2.29. The molecule has 2 heterocycles. The number of nitrogens with one attached hydrogen (secondary N) is 1. The van der Waals surface area contributed by atoms with E-state index in [1.165, 1.54) is 11.3 Å². The Morgan fingerprint density at radius 2 is 1.69 bits per heavy atom. The number of benzene rings is 2. The normalized spacial score (nSPS) is 14.8. The van der Waals surface area contributed by atoms with Crippen molar-refractivity contribution in [2.24, 2.45) is 0 Å². The van der Waals surface area contributed by atoms with Crippen molar-refractivity contribution in [2.45, 2.75) is 38.4 Å². The van der Waals surface area contributed by atoms with Crippen molar-refractivity contribution >= 4 is 22.2 Å². The lowest BCUT2D eigenvalue weighted by atomic mass is 9.90. The van der Waals surface area contributed by atoms with Crippen LogP contribution in [-0.2, 0) is 22.6 Å². The molecule has 1 N–H and O–H groups in total. The van der Waals surface area contributed by atoms with E-state index in [4.69, 9.17) is 4.74 Å². The van der Waals surface area contributed by atoms with Gasteiger partial charge in [0, 0.05) is 11.3 Å². The van der Waals surface area contributed by atoms with Gasteiger partial charge in [-0.2, -0.15) is 5.26 Å². The molecule has 0 fully saturated rings. The predicted octanol–water partition coefficient (Wildman–Crippen LogP) is 5.24. The van der Waals surface area contributed by atoms with E-state index >= 15 is 0 Å². The molecule has 4 rings (SSSR count). The Morgan fingerprint density at radius 1 is 1.10 bits per heavy atom. The number of carbonyl (C=O) groups excluding carboxylic acids is 1. The van der Waals surface area contributed by atoms with Crippen LogP contribution in [0.5, 0.6) is 0 Å². The van der Waals surface area contributed by atoms with E-state index in [2.05, 4.69) is 11.4 Å². The minimum Gasteiger partial charge on any atom is -0.370 e. The summed E-state index contributed by atoms with van der Waals surface area (Å²) in [6.07, 6.45) is 0.665. The molecule has 1 aliphatic rings. The van der Waals surface area contributed by atoms with Gasteiger partial charge in [0.2, 0.25) is 5.91 Å². The highest BCUT2D eigenvalue weighted by Gasteiger charge is 2.32. The number of carbonyl (C=O) groups is 1. The molecule has 3 aromatic rings. The molecule has 5 heteroatoms. The number of nitrogens with zero attached hydrogens (tertiary/aromatic N) is 1. The fraction of sp³-hybridized carbons (Fsp3) is 0.250. The van der Waals surface area contributed by atoms with Crippen LogP contribution in [0.2, 0.25) is 0 Å². The summed E-state index contributed by atoms with van der Waals surface area (Å²) in [5.74, 6) is -0.589. The zero-order valence-electron chi connectivity index (χ0n) is 16.4. The van der Waals surface area contributed by atoms with E-state index in [0.29, 0.717) is 23.6 Å². The number of amides is 1. The zero-order valence-corrected chi connectivity index (χ0v) is 17.3. The summed E-state index contributed by atoms with van der Waals surface area (Å²) >= 11 is 1.44. The number of hydrogen-bond acceptors (Lipinski definition) is 4. The molecular formula is C24H22N2O2S. The molecule has 0 saturated heterocycles. The molecule has 0 radical (unpaired) electrons. The predicted molar refractivity (Wildman–Crippen MR) is 115 cm³/mol. The molecule has 1 aromatic heterocycles. The summed E-state index contributed by atoms with van der Waals surface area (Å²) in [5, 5.41) is 13.4. The van der Waals surface area contributed by atoms with Gasteiger partial charge in [0.1, 0.15) is 11.1 Å². The molecule has 1 aliphatic heterocycles. The summed E-state index contributed by atoms with van der Waals surface area (Å²) in [4.78, 5) is 14.4. The number of thiophene rings is 1. The minimum absolute atomic E-state index is 0.141. The van der Waals surface area contributed by atoms with Gasteiger partial charge in [-0.05, 0) is 30.5 Å². The van der Waals surface area contributed by atoms with Crippen LogP contribution in [0, 0.1) is 11.3 Å². The number of hydrogen-bond donors (Lipinski definition) is 1. The first-order valence-corrected chi connectivity index (χ1v) is 10.4. The highest BCUT2D eigenvalue weighted by molar-refractivity contribution is 7.16. The van der Waals surface area contributed by atoms with E-state index in [9.17, 15) is 10.1 Å². The molecule has 0 bridgehead atoms. The smallest absolute Gasteiger partial charge is 0.237 e. The third-order valence-corrected chi connectivity index (χ3v) is 6.28. The van der Waals surface area contributed by atoms with Gasteiger partial charge in [-0.25, -0.2) is 0 Å². The Kier molecular flexibility index (Phi) is 5.23. The van der Waals surface area contributed by atoms with Crippen molar-refractivity contribution in [3.05, 3.63) is 87.8 Å². The Hall–Kier alpha value is -2.94. The van der Waals surface area contributed by atoms with E-state index in [0.717, 1.165) is 21.6 Å². The van der Waals surface area contributed by atoms with Crippen LogP contribution >= 0.6 is 11.3 Å². The summed E-state index contributed by atoms with van der Waals surface area (Å²) in [5.41, 5.74) is 3.09. The van der Waals surface area contributed by atoms with Gasteiger partial charge in [-0.3, -0.25) is 4.79 Å². The first-order valence-electron chi connectivity index (χ1n) is 9.58. The van der Waals surface area contributed by atoms with Crippen molar-refractivity contribution < 1.29 is 9.53 Å². The van der Waals surface area contributed by atoms with Crippen molar-refractivity contribution in [1.29, 1.82) is 5.26 Å². The molecule has 0 atom stereocenters. The van der Waals surface area contributed by atoms with Gasteiger partial charge < -0.3 is 10.1 Å². The van der Waals surface area contributed by atoms with Crippen LogP contribution in [0.4, 0.5) is 5.00 Å². The average molecular weight is 403 g/mol. The third kappa shape index (κ3) is 3.95. The van der Waals surface area contributed by atoms with Crippen LogP contribution < -0.4 is 5.32 Å². The quantitative estimate of drug-likeness (QED) is 0.649. The van der Waals surface area contributed by atoms with Crippen LogP contribution in [0.1, 0.15) is 46.9 Å². The number of fused-ring (bicyclic) bond motifs is 1. The van der Waals surface area contributed by atoms with Crippen molar-refractivity contribution in [3.63, 3.8) is 0 Å². The molecule has 0 spiro atoms. The maximum absolute atomic E-state index is 13.4. The molecule has 0 unspecified atom stereocenters. The van der Waals surface area contributed by atoms with Gasteiger partial charge in [0.25, 0.3) is 0 Å². The fourth-order valence-electron chi connectivity index (χ4n) is 3.73. The third-order valence-electron chi connectivity index (χ3n) is 5.16. The molecule has 2 aromatic carbocycles. The van der Waals surface area contributed by atoms with Gasteiger partial charge in [0.15, 0.2) is 0 Å². The standard InChI is InChI=1S/C24H22N2O2S/c1-24(2)13-18-19(14-25)23(29-20(18)15-28-24)26-22(27)21(16-9-5-3-6-10-16)17-11-7-4-8-12-17/h3-12,21H,13,15H2,1-2H3,(H,26,27). The highest BCUT2D eigenvalue weighted by atomic mass is 32.1. The Labute approximate surface area is 174 Å². The van der Waals surface area contributed by atoms with Crippen LogP contribution in [0.3, 0.4) is 0 Å². The van der Waals surface area contributed by atoms with E-state index in [-0.39, 0.29) is 11.5 Å². The number of rotatable bonds is 4. The largest absolute Gasteiger partial charge is 0.370 e. The van der Waals surface area contributed by atoms with E-state index < -0.39 is 5.92 Å². The summed E-state index contributed by atoms with van der Waals surface area (Å²) < 4.78 is 5.88. The van der Waals surface area contributed by atoms with Crippen LogP contribution in [0.15, 0.2) is 60.7 Å². The maximum atomic E-state index is 13.4. The van der Waals surface area contributed by atoms with Crippen molar-refractivity contribution in [3.8, 4) is 6.07 Å². The number of nitriles is 1. The van der Waals surface area contributed by atoms with Gasteiger partial charge in [0.05, 0.1) is 23.7 Å². The molecule has 29 heavy (non-hydrogen) atoms. The Bertz CT molecular complexity index is 1030. The second-order valence-corrected chi connectivity index (χ2v) is 8.89.